The molecule has 0 fully saturated rings. The molecule has 3 aromatic rings. The maximum atomic E-state index is 12.9. The summed E-state index contributed by atoms with van der Waals surface area (Å²) in [5.74, 6) is -0.0649. The van der Waals surface area contributed by atoms with Gasteiger partial charge in [-0.25, -0.2) is 0 Å². The molecule has 1 atom stereocenters. The van der Waals surface area contributed by atoms with E-state index in [-0.39, 0.29) is 5.56 Å². The fourth-order valence-corrected chi connectivity index (χ4v) is 3.97. The third-order valence-corrected chi connectivity index (χ3v) is 5.17. The monoisotopic (exact) mass is 479 g/mol. The zero-order chi connectivity index (χ0) is 20.3. The molecule has 0 unspecified atom stereocenters. The Hall–Kier alpha value is -2.05. The molecule has 3 rings (SSSR count). The van der Waals surface area contributed by atoms with Crippen molar-refractivity contribution in [2.45, 2.75) is 6.10 Å². The van der Waals surface area contributed by atoms with Crippen molar-refractivity contribution < 1.29 is 14.6 Å². The number of hydrogen-bond acceptors (Lipinski definition) is 3. The summed E-state index contributed by atoms with van der Waals surface area (Å²) in [4.78, 5) is 12.9. The summed E-state index contributed by atoms with van der Waals surface area (Å²) in [5, 5.41) is 14.5. The number of hydrogen-bond donors (Lipinski definition) is 2. The lowest BCUT2D eigenvalue weighted by Gasteiger charge is -2.18. The molecule has 0 aliphatic rings. The Bertz CT molecular complexity index is 1010. The molecule has 2 N–H and O–H groups in total. The van der Waals surface area contributed by atoms with Gasteiger partial charge in [0.2, 0.25) is 0 Å². The minimum absolute atomic E-state index is 0.261. The fraction of sp³-hybridized carbons (Fsp3) is 0.0952. The third-order valence-electron chi connectivity index (χ3n) is 4.13. The molecule has 1 amide bonds. The van der Waals surface area contributed by atoms with E-state index in [0.29, 0.717) is 37.1 Å². The summed E-state index contributed by atoms with van der Waals surface area (Å²) in [6, 6.07) is 17.2. The van der Waals surface area contributed by atoms with Crippen LogP contribution in [0.4, 0.5) is 5.69 Å². The maximum absolute atomic E-state index is 12.9. The van der Waals surface area contributed by atoms with Crippen LogP contribution in [0, 0.1) is 0 Å². The number of nitrogens with one attached hydrogen (secondary N) is 1. The number of rotatable bonds is 5. The third kappa shape index (κ3) is 4.50. The SMILES string of the molecule is COc1c(Br)cc(Cl)cc1C(=O)Nc1ccc(Cl)cc1[C@@H](O)c1ccccc1. The quantitative estimate of drug-likeness (QED) is 0.463. The molecule has 0 radical (unpaired) electrons. The lowest BCUT2D eigenvalue weighted by molar-refractivity contribution is 0.102. The van der Waals surface area contributed by atoms with Crippen molar-refractivity contribution in [1.82, 2.24) is 0 Å². The molecule has 0 aliphatic heterocycles. The Balaban J connectivity index is 1.99. The predicted molar refractivity (Wildman–Crippen MR) is 116 cm³/mol. The molecule has 0 saturated carbocycles. The van der Waals surface area contributed by atoms with Crippen LogP contribution < -0.4 is 10.1 Å². The molecule has 144 valence electrons. The minimum Gasteiger partial charge on any atom is -0.495 e. The first-order valence-electron chi connectivity index (χ1n) is 8.27. The van der Waals surface area contributed by atoms with Crippen molar-refractivity contribution in [3.8, 4) is 5.75 Å². The van der Waals surface area contributed by atoms with Crippen LogP contribution >= 0.6 is 39.1 Å². The molecule has 7 heteroatoms. The Morgan fingerprint density at radius 1 is 1.07 bits per heavy atom. The van der Waals surface area contributed by atoms with E-state index in [4.69, 9.17) is 27.9 Å². The van der Waals surface area contributed by atoms with Crippen LogP contribution in [0.3, 0.4) is 0 Å². The van der Waals surface area contributed by atoms with Gasteiger partial charge in [-0.1, -0.05) is 53.5 Å². The Kier molecular flexibility index (Phi) is 6.62. The smallest absolute Gasteiger partial charge is 0.259 e. The molecule has 28 heavy (non-hydrogen) atoms. The number of benzene rings is 3. The second-order valence-corrected chi connectivity index (χ2v) is 7.69. The molecule has 0 aromatic heterocycles. The number of ether oxygens (including phenoxy) is 1. The summed E-state index contributed by atoms with van der Waals surface area (Å²) < 4.78 is 5.88. The van der Waals surface area contributed by atoms with Gasteiger partial charge in [0.1, 0.15) is 11.9 Å². The summed E-state index contributed by atoms with van der Waals surface area (Å²) in [5.41, 5.74) is 1.86. The van der Waals surface area contributed by atoms with Gasteiger partial charge in [0.15, 0.2) is 0 Å². The number of methoxy groups -OCH3 is 1. The number of anilines is 1. The molecule has 0 heterocycles. The van der Waals surface area contributed by atoms with Crippen LogP contribution in [-0.2, 0) is 0 Å². The number of halogens is 3. The van der Waals surface area contributed by atoms with Crippen molar-refractivity contribution in [3.05, 3.63) is 91.9 Å². The lowest BCUT2D eigenvalue weighted by atomic mass is 9.99. The highest BCUT2D eigenvalue weighted by atomic mass is 79.9. The van der Waals surface area contributed by atoms with Crippen LogP contribution in [0.2, 0.25) is 10.0 Å². The first kappa shape index (κ1) is 20.7. The van der Waals surface area contributed by atoms with Gasteiger partial charge < -0.3 is 15.2 Å². The van der Waals surface area contributed by atoms with E-state index in [0.717, 1.165) is 0 Å². The summed E-state index contributed by atoms with van der Waals surface area (Å²) >= 11 is 15.6. The normalized spacial score (nSPS) is 11.8. The zero-order valence-electron chi connectivity index (χ0n) is 14.7. The van der Waals surface area contributed by atoms with Crippen molar-refractivity contribution >= 4 is 50.7 Å². The number of amides is 1. The highest BCUT2D eigenvalue weighted by Crippen LogP contribution is 2.35. The summed E-state index contributed by atoms with van der Waals surface area (Å²) in [7, 11) is 1.47. The average molecular weight is 481 g/mol. The Morgan fingerprint density at radius 3 is 2.46 bits per heavy atom. The molecule has 0 saturated heterocycles. The lowest BCUT2D eigenvalue weighted by Crippen LogP contribution is -2.16. The van der Waals surface area contributed by atoms with Crippen LogP contribution in [0.5, 0.6) is 5.75 Å². The summed E-state index contributed by atoms with van der Waals surface area (Å²) in [6.45, 7) is 0. The topological polar surface area (TPSA) is 58.6 Å². The second-order valence-electron chi connectivity index (χ2n) is 5.97. The van der Waals surface area contributed by atoms with Gasteiger partial charge in [-0.2, -0.15) is 0 Å². The first-order valence-corrected chi connectivity index (χ1v) is 9.82. The standard InChI is InChI=1S/C21H16BrCl2NO3/c1-28-20-16(10-14(24)11-17(20)22)21(27)25-18-8-7-13(23)9-15(18)19(26)12-5-3-2-4-6-12/h2-11,19,26H,1H3,(H,25,27)/t19-/m0/s1. The van der Waals surface area contributed by atoms with Crippen LogP contribution in [0.25, 0.3) is 0 Å². The zero-order valence-corrected chi connectivity index (χ0v) is 17.8. The van der Waals surface area contributed by atoms with Gasteiger partial charge in [-0.05, 0) is 51.8 Å². The Morgan fingerprint density at radius 2 is 1.79 bits per heavy atom. The first-order chi connectivity index (χ1) is 13.4. The highest BCUT2D eigenvalue weighted by Gasteiger charge is 2.20. The van der Waals surface area contributed by atoms with Gasteiger partial charge in [0.25, 0.3) is 5.91 Å². The average Bonchev–Trinajstić information content (AvgIpc) is 2.68. The van der Waals surface area contributed by atoms with Crippen molar-refractivity contribution in [1.29, 1.82) is 0 Å². The van der Waals surface area contributed by atoms with Gasteiger partial charge in [0.05, 0.1) is 17.1 Å². The minimum atomic E-state index is -0.955. The predicted octanol–water partition coefficient (Wildman–Crippen LogP) is 6.10. The van der Waals surface area contributed by atoms with Gasteiger partial charge in [0, 0.05) is 21.3 Å². The van der Waals surface area contributed by atoms with Crippen LogP contribution in [0.15, 0.2) is 65.1 Å². The van der Waals surface area contributed by atoms with Gasteiger partial charge in [-0.3, -0.25) is 4.79 Å². The van der Waals surface area contributed by atoms with E-state index < -0.39 is 12.0 Å². The van der Waals surface area contributed by atoms with Crippen LogP contribution in [0.1, 0.15) is 27.6 Å². The fourth-order valence-electron chi connectivity index (χ4n) is 2.81. The number of carbonyl (C=O) groups excluding carboxylic acids is 1. The molecule has 0 bridgehead atoms. The van der Waals surface area contributed by atoms with Crippen LogP contribution in [-0.4, -0.2) is 18.1 Å². The van der Waals surface area contributed by atoms with E-state index in [1.165, 1.54) is 13.2 Å². The molecular formula is C21H16BrCl2NO3. The van der Waals surface area contributed by atoms with Crippen molar-refractivity contribution in [3.63, 3.8) is 0 Å². The molecule has 3 aromatic carbocycles. The number of carbonyl (C=O) groups is 1. The molecule has 0 spiro atoms. The largest absolute Gasteiger partial charge is 0.495 e. The summed E-state index contributed by atoms with van der Waals surface area (Å²) in [6.07, 6.45) is -0.955. The maximum Gasteiger partial charge on any atom is 0.259 e. The second kappa shape index (κ2) is 8.97. The van der Waals surface area contributed by atoms with E-state index in [9.17, 15) is 9.90 Å². The van der Waals surface area contributed by atoms with Crippen molar-refractivity contribution in [2.24, 2.45) is 0 Å². The van der Waals surface area contributed by atoms with Gasteiger partial charge >= 0.3 is 0 Å². The molecule has 4 nitrogen and oxygen atoms in total. The van der Waals surface area contributed by atoms with E-state index in [2.05, 4.69) is 21.2 Å². The highest BCUT2D eigenvalue weighted by molar-refractivity contribution is 9.10. The van der Waals surface area contributed by atoms with Crippen molar-refractivity contribution in [2.75, 3.05) is 12.4 Å². The van der Waals surface area contributed by atoms with E-state index in [1.807, 2.05) is 18.2 Å². The van der Waals surface area contributed by atoms with E-state index in [1.54, 1.807) is 36.4 Å². The van der Waals surface area contributed by atoms with E-state index >= 15 is 0 Å². The Labute approximate surface area is 181 Å². The molecule has 0 aliphatic carbocycles. The number of aliphatic hydroxyl groups excluding tert-OH is 1. The van der Waals surface area contributed by atoms with Gasteiger partial charge in [-0.15, -0.1) is 0 Å². The molecular weight excluding hydrogens is 465 g/mol. The number of aliphatic hydroxyl groups is 1.